The van der Waals surface area contributed by atoms with Gasteiger partial charge in [-0.1, -0.05) is 13.3 Å². The van der Waals surface area contributed by atoms with Gasteiger partial charge >= 0.3 is 30.5 Å². The monoisotopic (exact) mass is 167 g/mol. The van der Waals surface area contributed by atoms with Crippen molar-refractivity contribution in [1.29, 1.82) is 0 Å². The van der Waals surface area contributed by atoms with Crippen molar-refractivity contribution in [2.75, 3.05) is 0 Å². The summed E-state index contributed by atoms with van der Waals surface area (Å²) in [6.45, 7) is 1.98. The number of hydrogen-bond acceptors (Lipinski definition) is 2. The van der Waals surface area contributed by atoms with Gasteiger partial charge in [-0.15, -0.1) is 0 Å². The van der Waals surface area contributed by atoms with Crippen LogP contribution in [0.5, 0.6) is 0 Å². The van der Waals surface area contributed by atoms with Gasteiger partial charge in [0.1, 0.15) is 0 Å². The van der Waals surface area contributed by atoms with Gasteiger partial charge in [0.05, 0.1) is 0 Å². The average molecular weight is 167 g/mol. The van der Waals surface area contributed by atoms with Crippen LogP contribution in [0.2, 0.25) is 0 Å². The van der Waals surface area contributed by atoms with E-state index in [1.165, 1.54) is 0 Å². The van der Waals surface area contributed by atoms with Crippen LogP contribution in [0.15, 0.2) is 0 Å². The molecule has 0 unspecified atom stereocenters. The Morgan fingerprint density at radius 1 is 1.56 bits per heavy atom. The first-order valence-corrected chi connectivity index (χ1v) is 3.41. The summed E-state index contributed by atoms with van der Waals surface area (Å²) in [5.74, 6) is -0.693. The summed E-state index contributed by atoms with van der Waals surface area (Å²) in [7, 11) is 0. The zero-order chi connectivity index (χ0) is 7.70. The zero-order valence-corrected chi connectivity index (χ0v) is 6.99. The summed E-state index contributed by atoms with van der Waals surface area (Å²) >= 11 is 1.00. The summed E-state index contributed by atoms with van der Waals surface area (Å²) in [6.07, 6.45) is 2.08. The number of carboxylic acid groups (broad SMARTS) is 1. The molecule has 0 aliphatic rings. The average Bonchev–Trinajstić information content (AvgIpc) is 1.88. The number of rotatable bonds is 3. The molecule has 0 aromatic carbocycles. The van der Waals surface area contributed by atoms with Crippen LogP contribution in [-0.2, 0) is 25.6 Å². The Balaban J connectivity index is 0. The van der Waals surface area contributed by atoms with E-state index in [4.69, 9.17) is 8.79 Å². The van der Waals surface area contributed by atoms with Gasteiger partial charge in [0.2, 0.25) is 0 Å². The Morgan fingerprint density at radius 2 is 2.00 bits per heavy atom. The van der Waals surface area contributed by atoms with Crippen molar-refractivity contribution < 1.29 is 34.4 Å². The van der Waals surface area contributed by atoms with E-state index in [0.29, 0.717) is 6.42 Å². The molecule has 0 amide bonds. The van der Waals surface area contributed by atoms with E-state index in [1.807, 2.05) is 6.92 Å². The second-order valence-corrected chi connectivity index (χ2v) is 1.50. The van der Waals surface area contributed by atoms with Crippen molar-refractivity contribution in [3.8, 4) is 0 Å². The van der Waals surface area contributed by atoms with E-state index >= 15 is 0 Å². The summed E-state index contributed by atoms with van der Waals surface area (Å²) < 4.78 is 7.00. The minimum atomic E-state index is -0.693. The molecule has 0 aliphatic heterocycles. The van der Waals surface area contributed by atoms with Crippen molar-refractivity contribution in [2.45, 2.75) is 26.2 Å². The molecule has 0 bridgehead atoms. The number of unbranched alkanes of at least 4 members (excludes halogenated alkanes) is 1. The van der Waals surface area contributed by atoms with Crippen molar-refractivity contribution >= 4 is 5.97 Å². The predicted octanol–water partition coefficient (Wildman–Crippen LogP) is 0.702. The second-order valence-electron chi connectivity index (χ2n) is 1.50. The van der Waals surface area contributed by atoms with Crippen molar-refractivity contribution in [1.82, 2.24) is 0 Å². The fourth-order valence-electron chi connectivity index (χ4n) is 0.328. The van der Waals surface area contributed by atoms with Gasteiger partial charge in [0.15, 0.2) is 0 Å². The van der Waals surface area contributed by atoms with Crippen LogP contribution in [-0.4, -0.2) is 14.8 Å². The van der Waals surface area contributed by atoms with Crippen LogP contribution in [0.25, 0.3) is 0 Å². The van der Waals surface area contributed by atoms with E-state index in [2.05, 4.69) is 0 Å². The van der Waals surface area contributed by atoms with E-state index in [-0.39, 0.29) is 0 Å². The summed E-state index contributed by atoms with van der Waals surface area (Å²) in [5, 5.41) is 8.04. The normalized spacial score (nSPS) is 7.22. The number of carboxylic acids is 1. The third-order valence-electron chi connectivity index (χ3n) is 0.744. The molecule has 0 spiro atoms. The van der Waals surface area contributed by atoms with E-state index < -0.39 is 5.97 Å². The molecule has 0 aliphatic carbocycles. The molecule has 2 N–H and O–H groups in total. The quantitative estimate of drug-likeness (QED) is 0.608. The van der Waals surface area contributed by atoms with Crippen LogP contribution < -0.4 is 0 Å². The molecular weight excluding hydrogens is 156 g/mol. The third-order valence-corrected chi connectivity index (χ3v) is 0.744. The molecule has 9 heavy (non-hydrogen) atoms. The summed E-state index contributed by atoms with van der Waals surface area (Å²) in [4.78, 5) is 9.76. The molecule has 0 saturated carbocycles. The molecule has 53 valence electrons. The molecule has 0 saturated heterocycles. The van der Waals surface area contributed by atoms with Gasteiger partial charge < -0.3 is 5.11 Å². The van der Waals surface area contributed by atoms with Gasteiger partial charge in [0, 0.05) is 6.42 Å². The van der Waals surface area contributed by atoms with Gasteiger partial charge in [-0.2, -0.15) is 0 Å². The fourth-order valence-corrected chi connectivity index (χ4v) is 0.328. The maximum atomic E-state index is 9.76. The molecular formula is C5H11O3Ti. The molecule has 0 aromatic heterocycles. The molecule has 0 fully saturated rings. The van der Waals surface area contributed by atoms with Crippen LogP contribution in [0, 0.1) is 0 Å². The first-order chi connectivity index (χ1) is 4.27. The first kappa shape index (κ1) is 11.9. The number of hydrogen-bond donors (Lipinski definition) is 2. The predicted molar refractivity (Wildman–Crippen MR) is 29.4 cm³/mol. The Kier molecular flexibility index (Phi) is 14.5. The molecule has 0 rings (SSSR count). The number of aliphatic carboxylic acids is 1. The van der Waals surface area contributed by atoms with Gasteiger partial charge in [-0.25, -0.2) is 0 Å². The zero-order valence-electron chi connectivity index (χ0n) is 5.42. The molecule has 0 atom stereocenters. The van der Waals surface area contributed by atoms with Crippen LogP contribution >= 0.6 is 0 Å². The van der Waals surface area contributed by atoms with Crippen molar-refractivity contribution in [3.05, 3.63) is 0 Å². The molecule has 0 radical (unpaired) electrons. The third kappa shape index (κ3) is 17.9. The van der Waals surface area contributed by atoms with Gasteiger partial charge in [-0.05, 0) is 6.42 Å². The van der Waals surface area contributed by atoms with E-state index in [1.54, 1.807) is 0 Å². The second kappa shape index (κ2) is 11.0. The summed E-state index contributed by atoms with van der Waals surface area (Å²) in [6, 6.07) is 0. The number of carbonyl (C=O) groups is 1. The fraction of sp³-hybridized carbons (Fsp3) is 0.800. The maximum absolute atomic E-state index is 9.76. The Bertz CT molecular complexity index is 65.2. The van der Waals surface area contributed by atoms with Crippen molar-refractivity contribution in [2.24, 2.45) is 0 Å². The van der Waals surface area contributed by atoms with Crippen LogP contribution in [0.4, 0.5) is 0 Å². The Labute approximate surface area is 67.0 Å². The van der Waals surface area contributed by atoms with Crippen LogP contribution in [0.3, 0.4) is 0 Å². The minimum absolute atomic E-state index is 0.316. The standard InChI is InChI=1S/C5H10O2.H2O.Ti/c1-2-3-4-5(6)7;;/h2-4H2,1H3,(H,6,7);1H2;/q;;+1/p-1. The Hall–Kier alpha value is 0.144. The van der Waals surface area contributed by atoms with E-state index in [9.17, 15) is 4.79 Å². The molecule has 0 aromatic rings. The Morgan fingerprint density at radius 3 is 2.11 bits per heavy atom. The van der Waals surface area contributed by atoms with Crippen LogP contribution in [0.1, 0.15) is 26.2 Å². The molecule has 3 nitrogen and oxygen atoms in total. The SMILES string of the molecule is CCCCC(=O)O.[OH][Ti]. The van der Waals surface area contributed by atoms with Crippen molar-refractivity contribution in [3.63, 3.8) is 0 Å². The molecule has 4 heteroatoms. The van der Waals surface area contributed by atoms with Gasteiger partial charge in [0.25, 0.3) is 0 Å². The topological polar surface area (TPSA) is 57.5 Å². The van der Waals surface area contributed by atoms with E-state index in [0.717, 1.165) is 33.7 Å². The summed E-state index contributed by atoms with van der Waals surface area (Å²) in [5.41, 5.74) is 0. The first-order valence-electron chi connectivity index (χ1n) is 2.71. The molecule has 0 heterocycles. The van der Waals surface area contributed by atoms with Gasteiger partial charge in [-0.3, -0.25) is 4.79 Å².